The molecule has 0 saturated carbocycles. The maximum absolute atomic E-state index is 12.2. The van der Waals surface area contributed by atoms with Gasteiger partial charge in [-0.15, -0.1) is 0 Å². The van der Waals surface area contributed by atoms with Crippen LogP contribution < -0.4 is 10.2 Å². The minimum atomic E-state index is -0.984. The molecular formula is C16H24N4O3. The maximum atomic E-state index is 12.2. The number of piperidine rings is 1. The van der Waals surface area contributed by atoms with Crippen molar-refractivity contribution >= 4 is 17.8 Å². The number of carboxylic acid groups (broad SMARTS) is 1. The van der Waals surface area contributed by atoms with E-state index in [2.05, 4.69) is 20.2 Å². The predicted octanol–water partition coefficient (Wildman–Crippen LogP) is 1.29. The number of anilines is 1. The molecule has 23 heavy (non-hydrogen) atoms. The van der Waals surface area contributed by atoms with Crippen molar-refractivity contribution in [2.45, 2.75) is 46.1 Å². The van der Waals surface area contributed by atoms with Crippen molar-refractivity contribution in [1.29, 1.82) is 0 Å². The van der Waals surface area contributed by atoms with E-state index in [1.165, 1.54) is 0 Å². The molecule has 7 heteroatoms. The Hall–Kier alpha value is -2.18. The summed E-state index contributed by atoms with van der Waals surface area (Å²) in [5.74, 6) is -0.592. The van der Waals surface area contributed by atoms with Crippen molar-refractivity contribution in [2.75, 3.05) is 18.0 Å². The van der Waals surface area contributed by atoms with Gasteiger partial charge >= 0.3 is 5.97 Å². The number of carbonyl (C=O) groups is 2. The van der Waals surface area contributed by atoms with Crippen LogP contribution in [0, 0.1) is 19.8 Å². The topological polar surface area (TPSA) is 95.4 Å². The summed E-state index contributed by atoms with van der Waals surface area (Å²) in [5.41, 5.74) is 1.86. The van der Waals surface area contributed by atoms with Crippen LogP contribution in [-0.4, -0.2) is 46.1 Å². The Morgan fingerprint density at radius 1 is 1.30 bits per heavy atom. The highest BCUT2D eigenvalue weighted by Crippen LogP contribution is 2.21. The summed E-state index contributed by atoms with van der Waals surface area (Å²) in [6.07, 6.45) is 1.74. The lowest BCUT2D eigenvalue weighted by atomic mass is 9.95. The molecule has 1 aliphatic rings. The van der Waals surface area contributed by atoms with Gasteiger partial charge in [0.25, 0.3) is 0 Å². The molecule has 1 atom stereocenters. The zero-order valence-corrected chi connectivity index (χ0v) is 13.9. The van der Waals surface area contributed by atoms with Crippen LogP contribution in [0.1, 0.15) is 37.6 Å². The minimum Gasteiger partial charge on any atom is -0.480 e. The zero-order chi connectivity index (χ0) is 17.0. The van der Waals surface area contributed by atoms with Crippen LogP contribution >= 0.6 is 0 Å². The molecule has 0 aromatic carbocycles. The van der Waals surface area contributed by atoms with Gasteiger partial charge in [-0.05, 0) is 39.2 Å². The number of nitrogens with one attached hydrogen (secondary N) is 1. The van der Waals surface area contributed by atoms with Gasteiger partial charge in [0, 0.05) is 30.4 Å². The van der Waals surface area contributed by atoms with Gasteiger partial charge in [-0.1, -0.05) is 6.92 Å². The number of nitrogens with zero attached hydrogens (tertiary/aromatic N) is 3. The Bertz CT molecular complexity index is 562. The monoisotopic (exact) mass is 320 g/mol. The lowest BCUT2D eigenvalue weighted by Crippen LogP contribution is -2.46. The van der Waals surface area contributed by atoms with Gasteiger partial charge in [0.1, 0.15) is 6.04 Å². The molecule has 0 aliphatic carbocycles. The average molecular weight is 320 g/mol. The summed E-state index contributed by atoms with van der Waals surface area (Å²) in [4.78, 5) is 34.2. The number of aromatic nitrogens is 2. The van der Waals surface area contributed by atoms with E-state index in [-0.39, 0.29) is 11.8 Å². The Morgan fingerprint density at radius 3 is 2.35 bits per heavy atom. The van der Waals surface area contributed by atoms with E-state index in [0.717, 1.165) is 11.4 Å². The highest BCUT2D eigenvalue weighted by Gasteiger charge is 2.28. The lowest BCUT2D eigenvalue weighted by Gasteiger charge is -2.32. The first-order valence-electron chi connectivity index (χ1n) is 8.01. The molecule has 1 unspecified atom stereocenters. The molecule has 1 fully saturated rings. The van der Waals surface area contributed by atoms with E-state index >= 15 is 0 Å². The Morgan fingerprint density at radius 2 is 1.87 bits per heavy atom. The molecule has 126 valence electrons. The molecule has 0 radical (unpaired) electrons. The van der Waals surface area contributed by atoms with Crippen LogP contribution in [-0.2, 0) is 9.59 Å². The fraction of sp³-hybridized carbons (Fsp3) is 0.625. The Labute approximate surface area is 136 Å². The number of hydrogen-bond acceptors (Lipinski definition) is 5. The molecule has 1 aliphatic heterocycles. The van der Waals surface area contributed by atoms with Crippen LogP contribution in [0.15, 0.2) is 6.07 Å². The van der Waals surface area contributed by atoms with E-state index in [1.807, 2.05) is 19.9 Å². The average Bonchev–Trinajstić information content (AvgIpc) is 2.51. The summed E-state index contributed by atoms with van der Waals surface area (Å²) in [6.45, 7) is 7.03. The van der Waals surface area contributed by atoms with Crippen LogP contribution in [0.5, 0.6) is 0 Å². The maximum Gasteiger partial charge on any atom is 0.326 e. The number of aryl methyl sites for hydroxylation is 2. The van der Waals surface area contributed by atoms with Gasteiger partial charge < -0.3 is 15.3 Å². The highest BCUT2D eigenvalue weighted by atomic mass is 16.4. The molecule has 7 nitrogen and oxygen atoms in total. The molecule has 2 heterocycles. The van der Waals surface area contributed by atoms with Crippen LogP contribution in [0.3, 0.4) is 0 Å². The van der Waals surface area contributed by atoms with Gasteiger partial charge in [0.15, 0.2) is 0 Å². The molecule has 1 aromatic rings. The SMILES string of the molecule is CCC(NC(=O)C1CCN(c2nc(C)cc(C)n2)CC1)C(=O)O. The van der Waals surface area contributed by atoms with Crippen molar-refractivity contribution in [1.82, 2.24) is 15.3 Å². The van der Waals surface area contributed by atoms with E-state index in [9.17, 15) is 9.59 Å². The quantitative estimate of drug-likeness (QED) is 0.849. The number of aliphatic carboxylic acids is 1. The Balaban J connectivity index is 1.93. The van der Waals surface area contributed by atoms with E-state index in [0.29, 0.717) is 38.3 Å². The van der Waals surface area contributed by atoms with Crippen LogP contribution in [0.4, 0.5) is 5.95 Å². The minimum absolute atomic E-state index is 0.148. The van der Waals surface area contributed by atoms with Crippen molar-refractivity contribution in [3.05, 3.63) is 17.5 Å². The standard InChI is InChI=1S/C16H24N4O3/c1-4-13(15(22)23)19-14(21)12-5-7-20(8-6-12)16-17-10(2)9-11(3)18-16/h9,12-13H,4-8H2,1-3H3,(H,19,21)(H,22,23). The molecule has 0 bridgehead atoms. The van der Waals surface area contributed by atoms with Crippen molar-refractivity contribution in [3.8, 4) is 0 Å². The summed E-state index contributed by atoms with van der Waals surface area (Å²) in [5, 5.41) is 11.6. The molecule has 2 rings (SSSR count). The first-order valence-corrected chi connectivity index (χ1v) is 8.01. The van der Waals surface area contributed by atoms with Gasteiger partial charge in [0.05, 0.1) is 0 Å². The third-order valence-corrected chi connectivity index (χ3v) is 4.14. The number of hydrogen-bond donors (Lipinski definition) is 2. The fourth-order valence-corrected chi connectivity index (χ4v) is 2.82. The summed E-state index contributed by atoms with van der Waals surface area (Å²) >= 11 is 0. The van der Waals surface area contributed by atoms with E-state index in [4.69, 9.17) is 5.11 Å². The highest BCUT2D eigenvalue weighted by molar-refractivity contribution is 5.85. The molecule has 1 saturated heterocycles. The van der Waals surface area contributed by atoms with Crippen molar-refractivity contribution in [3.63, 3.8) is 0 Å². The first kappa shape index (κ1) is 17.2. The smallest absolute Gasteiger partial charge is 0.326 e. The number of rotatable bonds is 5. The molecule has 1 amide bonds. The number of amides is 1. The Kier molecular flexibility index (Phi) is 5.52. The van der Waals surface area contributed by atoms with Gasteiger partial charge in [-0.2, -0.15) is 0 Å². The van der Waals surface area contributed by atoms with Crippen molar-refractivity contribution < 1.29 is 14.7 Å². The van der Waals surface area contributed by atoms with Gasteiger partial charge in [0.2, 0.25) is 11.9 Å². The second-order valence-electron chi connectivity index (χ2n) is 6.02. The van der Waals surface area contributed by atoms with Crippen molar-refractivity contribution in [2.24, 2.45) is 5.92 Å². The van der Waals surface area contributed by atoms with E-state index in [1.54, 1.807) is 6.92 Å². The van der Waals surface area contributed by atoms with E-state index < -0.39 is 12.0 Å². The summed E-state index contributed by atoms with van der Waals surface area (Å²) in [6, 6.07) is 1.13. The third kappa shape index (κ3) is 4.40. The largest absolute Gasteiger partial charge is 0.480 e. The van der Waals surface area contributed by atoms with Gasteiger partial charge in [-0.25, -0.2) is 14.8 Å². The molecule has 0 spiro atoms. The number of carboxylic acids is 1. The second-order valence-corrected chi connectivity index (χ2v) is 6.02. The zero-order valence-electron chi connectivity index (χ0n) is 13.9. The summed E-state index contributed by atoms with van der Waals surface area (Å²) in [7, 11) is 0. The van der Waals surface area contributed by atoms with Gasteiger partial charge in [-0.3, -0.25) is 4.79 Å². The second kappa shape index (κ2) is 7.39. The normalized spacial score (nSPS) is 16.9. The number of carbonyl (C=O) groups excluding carboxylic acids is 1. The fourth-order valence-electron chi connectivity index (χ4n) is 2.82. The van der Waals surface area contributed by atoms with Crippen LogP contribution in [0.25, 0.3) is 0 Å². The molecule has 2 N–H and O–H groups in total. The third-order valence-electron chi connectivity index (χ3n) is 4.14. The molecule has 1 aromatic heterocycles. The first-order chi connectivity index (χ1) is 10.9. The van der Waals surface area contributed by atoms with Crippen LogP contribution in [0.2, 0.25) is 0 Å². The predicted molar refractivity (Wildman–Crippen MR) is 86.3 cm³/mol. The summed E-state index contributed by atoms with van der Waals surface area (Å²) < 4.78 is 0. The molecular weight excluding hydrogens is 296 g/mol. The lowest BCUT2D eigenvalue weighted by molar-refractivity contribution is -0.142.